The van der Waals surface area contributed by atoms with Crippen molar-refractivity contribution in [2.45, 2.75) is 25.3 Å². The summed E-state index contributed by atoms with van der Waals surface area (Å²) in [6.45, 7) is 0.517. The standard InChI is InChI=1S/C14H16ClN5O/c15-10-3-1-2-9(8-10)13-19-12(21-20-13)6-7-17-14(16)18-11-4-5-11/h1-3,8,11H,4-7H2,(H3,16,17,18). The molecular weight excluding hydrogens is 290 g/mol. The molecular formula is C14H16ClN5O. The molecule has 2 aromatic rings. The smallest absolute Gasteiger partial charge is 0.228 e. The Bertz CT molecular complexity index is 650. The summed E-state index contributed by atoms with van der Waals surface area (Å²) >= 11 is 5.94. The van der Waals surface area contributed by atoms with Crippen LogP contribution >= 0.6 is 11.6 Å². The molecule has 1 saturated carbocycles. The summed E-state index contributed by atoms with van der Waals surface area (Å²) < 4.78 is 5.20. The predicted molar refractivity (Wildman–Crippen MR) is 81.1 cm³/mol. The summed E-state index contributed by atoms with van der Waals surface area (Å²) in [6.07, 6.45) is 2.90. The van der Waals surface area contributed by atoms with Gasteiger partial charge in [-0.15, -0.1) is 0 Å². The fourth-order valence-corrected chi connectivity index (χ4v) is 2.05. The summed E-state index contributed by atoms with van der Waals surface area (Å²) in [6, 6.07) is 7.84. The third kappa shape index (κ3) is 3.95. The molecule has 0 bridgehead atoms. The Hall–Kier alpha value is -2.08. The highest BCUT2D eigenvalue weighted by atomic mass is 35.5. The molecule has 1 fully saturated rings. The average Bonchev–Trinajstić information content (AvgIpc) is 3.14. The van der Waals surface area contributed by atoms with Crippen LogP contribution in [0.15, 0.2) is 33.8 Å². The van der Waals surface area contributed by atoms with Crippen LogP contribution in [0.2, 0.25) is 5.02 Å². The molecule has 1 aromatic heterocycles. The van der Waals surface area contributed by atoms with Gasteiger partial charge in [0.05, 0.1) is 6.54 Å². The van der Waals surface area contributed by atoms with Crippen molar-refractivity contribution in [3.05, 3.63) is 35.2 Å². The van der Waals surface area contributed by atoms with E-state index in [9.17, 15) is 0 Å². The molecule has 3 N–H and O–H groups in total. The molecule has 0 amide bonds. The number of hydrogen-bond donors (Lipinski definition) is 2. The molecule has 1 heterocycles. The number of aromatic nitrogens is 2. The quantitative estimate of drug-likeness (QED) is 0.651. The summed E-state index contributed by atoms with van der Waals surface area (Å²) in [5, 5.41) is 7.71. The number of rotatable bonds is 5. The fraction of sp³-hybridized carbons (Fsp3) is 0.357. The summed E-state index contributed by atoms with van der Waals surface area (Å²) in [4.78, 5) is 8.55. The van der Waals surface area contributed by atoms with Crippen LogP contribution in [0.3, 0.4) is 0 Å². The van der Waals surface area contributed by atoms with Crippen LogP contribution in [-0.2, 0) is 6.42 Å². The van der Waals surface area contributed by atoms with Gasteiger partial charge in [-0.05, 0) is 25.0 Å². The molecule has 0 aliphatic heterocycles. The second-order valence-corrected chi connectivity index (χ2v) is 5.39. The molecule has 3 rings (SSSR count). The lowest BCUT2D eigenvalue weighted by molar-refractivity contribution is 0.380. The highest BCUT2D eigenvalue weighted by molar-refractivity contribution is 6.30. The van der Waals surface area contributed by atoms with E-state index in [0.717, 1.165) is 5.56 Å². The Morgan fingerprint density at radius 1 is 1.48 bits per heavy atom. The SMILES string of the molecule is NC(=NCCc1nc(-c2cccc(Cl)c2)no1)NC1CC1. The van der Waals surface area contributed by atoms with Crippen LogP contribution in [0, 0.1) is 0 Å². The van der Waals surface area contributed by atoms with E-state index in [1.165, 1.54) is 12.8 Å². The number of benzene rings is 1. The van der Waals surface area contributed by atoms with Crippen molar-refractivity contribution in [3.63, 3.8) is 0 Å². The average molecular weight is 306 g/mol. The van der Waals surface area contributed by atoms with E-state index < -0.39 is 0 Å². The Kier molecular flexibility index (Phi) is 4.06. The predicted octanol–water partition coefficient (Wildman–Crippen LogP) is 2.00. The van der Waals surface area contributed by atoms with Crippen molar-refractivity contribution in [2.75, 3.05) is 6.54 Å². The van der Waals surface area contributed by atoms with Gasteiger partial charge in [-0.25, -0.2) is 0 Å². The van der Waals surface area contributed by atoms with Crippen LogP contribution in [-0.4, -0.2) is 28.7 Å². The van der Waals surface area contributed by atoms with Gasteiger partial charge in [-0.2, -0.15) is 4.98 Å². The Morgan fingerprint density at radius 3 is 3.10 bits per heavy atom. The zero-order valence-corrected chi connectivity index (χ0v) is 12.2. The van der Waals surface area contributed by atoms with E-state index in [2.05, 4.69) is 20.4 Å². The third-order valence-electron chi connectivity index (χ3n) is 3.09. The number of nitrogens with two attached hydrogens (primary N) is 1. The molecule has 0 spiro atoms. The highest BCUT2D eigenvalue weighted by Crippen LogP contribution is 2.20. The molecule has 21 heavy (non-hydrogen) atoms. The Labute approximate surface area is 127 Å². The van der Waals surface area contributed by atoms with Crippen molar-refractivity contribution in [1.29, 1.82) is 0 Å². The van der Waals surface area contributed by atoms with E-state index in [0.29, 0.717) is 41.7 Å². The zero-order chi connectivity index (χ0) is 14.7. The zero-order valence-electron chi connectivity index (χ0n) is 11.4. The van der Waals surface area contributed by atoms with Crippen LogP contribution < -0.4 is 11.1 Å². The van der Waals surface area contributed by atoms with Crippen LogP contribution in [0.5, 0.6) is 0 Å². The van der Waals surface area contributed by atoms with Crippen molar-refractivity contribution >= 4 is 17.6 Å². The molecule has 1 aliphatic rings. The van der Waals surface area contributed by atoms with E-state index in [1.54, 1.807) is 12.1 Å². The van der Waals surface area contributed by atoms with Gasteiger partial charge in [0.2, 0.25) is 11.7 Å². The largest absolute Gasteiger partial charge is 0.370 e. The van der Waals surface area contributed by atoms with Crippen molar-refractivity contribution in [1.82, 2.24) is 15.5 Å². The number of aliphatic imine (C=N–C) groups is 1. The minimum absolute atomic E-state index is 0.479. The molecule has 0 unspecified atom stereocenters. The normalized spacial score (nSPS) is 15.2. The molecule has 110 valence electrons. The van der Waals surface area contributed by atoms with E-state index in [4.69, 9.17) is 21.9 Å². The molecule has 1 aliphatic carbocycles. The Balaban J connectivity index is 1.57. The van der Waals surface area contributed by atoms with Gasteiger partial charge in [0.1, 0.15) is 0 Å². The van der Waals surface area contributed by atoms with E-state index in [1.807, 2.05) is 12.1 Å². The first-order chi connectivity index (χ1) is 10.2. The molecule has 7 heteroatoms. The first kappa shape index (κ1) is 13.9. The molecule has 0 radical (unpaired) electrons. The van der Waals surface area contributed by atoms with Gasteiger partial charge in [-0.3, -0.25) is 4.99 Å². The number of hydrogen-bond acceptors (Lipinski definition) is 4. The van der Waals surface area contributed by atoms with E-state index >= 15 is 0 Å². The first-order valence-corrected chi connectivity index (χ1v) is 7.23. The van der Waals surface area contributed by atoms with Gasteiger partial charge in [0.25, 0.3) is 0 Å². The van der Waals surface area contributed by atoms with Crippen molar-refractivity contribution in [3.8, 4) is 11.4 Å². The highest BCUT2D eigenvalue weighted by Gasteiger charge is 2.21. The maximum Gasteiger partial charge on any atom is 0.228 e. The summed E-state index contributed by atoms with van der Waals surface area (Å²) in [7, 11) is 0. The monoisotopic (exact) mass is 305 g/mol. The third-order valence-corrected chi connectivity index (χ3v) is 3.32. The van der Waals surface area contributed by atoms with Crippen molar-refractivity contribution in [2.24, 2.45) is 10.7 Å². The molecule has 1 aromatic carbocycles. The second-order valence-electron chi connectivity index (χ2n) is 4.96. The first-order valence-electron chi connectivity index (χ1n) is 6.86. The van der Waals surface area contributed by atoms with Crippen LogP contribution in [0.1, 0.15) is 18.7 Å². The lowest BCUT2D eigenvalue weighted by Gasteiger charge is -2.01. The minimum Gasteiger partial charge on any atom is -0.370 e. The molecule has 0 atom stereocenters. The number of nitrogens with zero attached hydrogens (tertiary/aromatic N) is 3. The topological polar surface area (TPSA) is 89.3 Å². The minimum atomic E-state index is 0.479. The van der Waals surface area contributed by atoms with Gasteiger partial charge < -0.3 is 15.6 Å². The van der Waals surface area contributed by atoms with Gasteiger partial charge in [0.15, 0.2) is 5.96 Å². The van der Waals surface area contributed by atoms with Crippen LogP contribution in [0.25, 0.3) is 11.4 Å². The maximum atomic E-state index is 5.94. The van der Waals surface area contributed by atoms with Crippen molar-refractivity contribution < 1.29 is 4.52 Å². The summed E-state index contributed by atoms with van der Waals surface area (Å²) in [5.74, 6) is 1.54. The molecule has 0 saturated heterocycles. The lowest BCUT2D eigenvalue weighted by atomic mass is 10.2. The van der Waals surface area contributed by atoms with Gasteiger partial charge in [-0.1, -0.05) is 28.9 Å². The summed E-state index contributed by atoms with van der Waals surface area (Å²) in [5.41, 5.74) is 6.58. The number of guanidine groups is 1. The maximum absolute atomic E-state index is 5.94. The van der Waals surface area contributed by atoms with E-state index in [-0.39, 0.29) is 0 Å². The van der Waals surface area contributed by atoms with Gasteiger partial charge >= 0.3 is 0 Å². The fourth-order valence-electron chi connectivity index (χ4n) is 1.86. The Morgan fingerprint density at radius 2 is 2.33 bits per heavy atom. The second kappa shape index (κ2) is 6.13. The molecule has 6 nitrogen and oxygen atoms in total. The lowest BCUT2D eigenvalue weighted by Crippen LogP contribution is -2.33. The number of halogens is 1. The number of nitrogens with one attached hydrogen (secondary N) is 1. The van der Waals surface area contributed by atoms with Crippen LogP contribution in [0.4, 0.5) is 0 Å². The van der Waals surface area contributed by atoms with Gasteiger partial charge in [0, 0.05) is 23.0 Å².